The number of esters is 2. The van der Waals surface area contributed by atoms with Gasteiger partial charge in [-0.3, -0.25) is 4.79 Å². The molecule has 0 bridgehead atoms. The van der Waals surface area contributed by atoms with Gasteiger partial charge in [0.15, 0.2) is 5.75 Å². The Morgan fingerprint density at radius 1 is 0.682 bits per heavy atom. The average Bonchev–Trinajstić information content (AvgIpc) is 3.06. The van der Waals surface area contributed by atoms with Gasteiger partial charge in [-0.05, 0) is 40.7 Å². The molecule has 0 N–H and O–H groups in total. The molecule has 0 radical (unpaired) electrons. The molecule has 0 fully saturated rings. The van der Waals surface area contributed by atoms with Gasteiger partial charge < -0.3 is 18.9 Å². The zero-order valence-corrected chi connectivity index (χ0v) is 24.8. The first-order valence-electron chi connectivity index (χ1n) is 14.3. The van der Waals surface area contributed by atoms with Crippen molar-refractivity contribution in [3.05, 3.63) is 130 Å². The van der Waals surface area contributed by atoms with Crippen LogP contribution in [-0.2, 0) is 40.5 Å². The van der Waals surface area contributed by atoms with E-state index in [4.69, 9.17) is 18.9 Å². The molecule has 7 nitrogen and oxygen atoms in total. The predicted molar refractivity (Wildman–Crippen MR) is 166 cm³/mol. The largest absolute Gasteiger partial charge is 0.488 e. The van der Waals surface area contributed by atoms with Crippen LogP contribution in [0.1, 0.15) is 62.7 Å². The summed E-state index contributed by atoms with van der Waals surface area (Å²) in [5, 5.41) is 0. The van der Waals surface area contributed by atoms with Gasteiger partial charge in [0.05, 0.1) is 7.11 Å². The van der Waals surface area contributed by atoms with Gasteiger partial charge >= 0.3 is 11.9 Å². The molecule has 0 atom stereocenters. The maximum atomic E-state index is 13.8. The second-order valence-corrected chi connectivity index (χ2v) is 9.87. The number of hydrogen-bond acceptors (Lipinski definition) is 7. The normalized spacial score (nSPS) is 10.2. The molecule has 44 heavy (non-hydrogen) atoms. The number of hydrogen-bond donors (Lipinski definition) is 0. The maximum Gasteiger partial charge on any atom is 0.346 e. The van der Waals surface area contributed by atoms with E-state index in [1.165, 1.54) is 13.2 Å². The first-order chi connectivity index (χ1) is 21.5. The van der Waals surface area contributed by atoms with E-state index in [0.717, 1.165) is 23.1 Å². The lowest BCUT2D eigenvalue weighted by molar-refractivity contribution is -0.113. The highest BCUT2D eigenvalue weighted by atomic mass is 16.5. The summed E-state index contributed by atoms with van der Waals surface area (Å²) < 4.78 is 23.3. The highest BCUT2D eigenvalue weighted by Crippen LogP contribution is 2.38. The Bertz CT molecular complexity index is 1620. The number of rotatable bonds is 13. The minimum Gasteiger partial charge on any atom is -0.488 e. The van der Waals surface area contributed by atoms with Crippen LogP contribution in [0.15, 0.2) is 97.1 Å². The van der Waals surface area contributed by atoms with Crippen molar-refractivity contribution in [1.82, 2.24) is 0 Å². The van der Waals surface area contributed by atoms with Crippen LogP contribution in [0.25, 0.3) is 0 Å². The van der Waals surface area contributed by atoms with Crippen LogP contribution in [0.4, 0.5) is 0 Å². The SMILES string of the molecule is CCCC#CC(=O)Cc1cc(OCc2ccccc2)c(C(=O)OCc2ccccc2)c(OCc2ccccc2)c1C(=O)OC. The lowest BCUT2D eigenvalue weighted by atomic mass is 9.96. The van der Waals surface area contributed by atoms with Crippen LogP contribution in [0.2, 0.25) is 0 Å². The number of ether oxygens (including phenoxy) is 4. The molecule has 0 saturated carbocycles. The van der Waals surface area contributed by atoms with Crippen LogP contribution in [0, 0.1) is 11.8 Å². The van der Waals surface area contributed by atoms with E-state index < -0.39 is 17.7 Å². The number of Topliss-reactive ketones (excluding diaryl/α,β-unsaturated/α-hetero) is 1. The molecule has 0 saturated heterocycles. The summed E-state index contributed by atoms with van der Waals surface area (Å²) in [6, 6.07) is 29.4. The molecule has 0 amide bonds. The summed E-state index contributed by atoms with van der Waals surface area (Å²) in [7, 11) is 1.23. The summed E-state index contributed by atoms with van der Waals surface area (Å²) in [6.45, 7) is 2.09. The van der Waals surface area contributed by atoms with Gasteiger partial charge in [0.25, 0.3) is 0 Å². The van der Waals surface area contributed by atoms with E-state index in [9.17, 15) is 14.4 Å². The summed E-state index contributed by atoms with van der Waals surface area (Å²) >= 11 is 0. The summed E-state index contributed by atoms with van der Waals surface area (Å²) in [5.74, 6) is 3.57. The number of methoxy groups -OCH3 is 1. The Balaban J connectivity index is 1.85. The molecular weight excluding hydrogens is 556 g/mol. The minimum absolute atomic E-state index is 0.0171. The quantitative estimate of drug-likeness (QED) is 0.0951. The van der Waals surface area contributed by atoms with E-state index in [-0.39, 0.29) is 54.4 Å². The molecule has 0 aliphatic carbocycles. The van der Waals surface area contributed by atoms with Gasteiger partial charge in [0.2, 0.25) is 5.78 Å². The van der Waals surface area contributed by atoms with Gasteiger partial charge in [0, 0.05) is 12.8 Å². The average molecular weight is 591 g/mol. The van der Waals surface area contributed by atoms with E-state index in [0.29, 0.717) is 6.42 Å². The van der Waals surface area contributed by atoms with Gasteiger partial charge in [-0.15, -0.1) is 0 Å². The molecule has 0 aliphatic heterocycles. The zero-order valence-electron chi connectivity index (χ0n) is 24.8. The van der Waals surface area contributed by atoms with Gasteiger partial charge in [-0.1, -0.05) is 104 Å². The summed E-state index contributed by atoms with van der Waals surface area (Å²) in [5.41, 5.74) is 2.54. The fraction of sp³-hybridized carbons (Fsp3) is 0.216. The number of unbranched alkanes of at least 4 members (excludes halogenated alkanes) is 1. The van der Waals surface area contributed by atoms with Crippen LogP contribution in [0.5, 0.6) is 11.5 Å². The molecule has 224 valence electrons. The first kappa shape index (κ1) is 31.6. The molecule has 0 aliphatic rings. The van der Waals surface area contributed by atoms with Crippen LogP contribution in [-0.4, -0.2) is 24.8 Å². The number of carbonyl (C=O) groups is 3. The third kappa shape index (κ3) is 8.83. The van der Waals surface area contributed by atoms with Crippen molar-refractivity contribution < 1.29 is 33.3 Å². The van der Waals surface area contributed by atoms with E-state index in [1.807, 2.05) is 97.9 Å². The van der Waals surface area contributed by atoms with Crippen molar-refractivity contribution in [2.75, 3.05) is 7.11 Å². The molecule has 4 rings (SSSR count). The molecule has 0 unspecified atom stereocenters. The molecule has 0 heterocycles. The first-order valence-corrected chi connectivity index (χ1v) is 14.3. The summed E-state index contributed by atoms with van der Waals surface area (Å²) in [4.78, 5) is 40.1. The lowest BCUT2D eigenvalue weighted by Gasteiger charge is -2.21. The zero-order chi connectivity index (χ0) is 31.1. The predicted octanol–water partition coefficient (Wildman–Crippen LogP) is 6.90. The highest BCUT2D eigenvalue weighted by Gasteiger charge is 2.31. The van der Waals surface area contributed by atoms with E-state index in [1.54, 1.807) is 0 Å². The molecule has 0 aromatic heterocycles. The third-order valence-electron chi connectivity index (χ3n) is 6.55. The minimum atomic E-state index is -0.774. The monoisotopic (exact) mass is 590 g/mol. The van der Waals surface area contributed by atoms with E-state index >= 15 is 0 Å². The van der Waals surface area contributed by atoms with Crippen molar-refractivity contribution in [1.29, 1.82) is 0 Å². The Kier molecular flexibility index (Phi) is 11.7. The highest BCUT2D eigenvalue weighted by molar-refractivity contribution is 6.05. The Morgan fingerprint density at radius 3 is 1.77 bits per heavy atom. The second kappa shape index (κ2) is 16.3. The Hall–Kier alpha value is -5.35. The molecule has 7 heteroatoms. The van der Waals surface area contributed by atoms with Gasteiger partial charge in [0.1, 0.15) is 36.7 Å². The topological polar surface area (TPSA) is 88.1 Å². The van der Waals surface area contributed by atoms with Crippen molar-refractivity contribution in [2.45, 2.75) is 46.0 Å². The Morgan fingerprint density at radius 2 is 1.23 bits per heavy atom. The second-order valence-electron chi connectivity index (χ2n) is 9.87. The maximum absolute atomic E-state index is 13.8. The number of carbonyl (C=O) groups excluding carboxylic acids is 3. The van der Waals surface area contributed by atoms with E-state index in [2.05, 4.69) is 11.8 Å². The van der Waals surface area contributed by atoms with Crippen LogP contribution < -0.4 is 9.47 Å². The van der Waals surface area contributed by atoms with Crippen LogP contribution in [0.3, 0.4) is 0 Å². The molecule has 0 spiro atoms. The van der Waals surface area contributed by atoms with Crippen molar-refractivity contribution in [3.63, 3.8) is 0 Å². The van der Waals surface area contributed by atoms with Crippen LogP contribution >= 0.6 is 0 Å². The smallest absolute Gasteiger partial charge is 0.346 e. The fourth-order valence-electron chi connectivity index (χ4n) is 4.37. The third-order valence-corrected chi connectivity index (χ3v) is 6.55. The molecule has 4 aromatic carbocycles. The Labute approximate surface area is 257 Å². The van der Waals surface area contributed by atoms with Crippen molar-refractivity contribution >= 4 is 17.7 Å². The number of benzene rings is 4. The molecule has 4 aromatic rings. The van der Waals surface area contributed by atoms with Gasteiger partial charge in [-0.2, -0.15) is 0 Å². The van der Waals surface area contributed by atoms with Crippen molar-refractivity contribution in [3.8, 4) is 23.3 Å². The number of ketones is 1. The lowest BCUT2D eigenvalue weighted by Crippen LogP contribution is -2.18. The van der Waals surface area contributed by atoms with Crippen molar-refractivity contribution in [2.24, 2.45) is 0 Å². The summed E-state index contributed by atoms with van der Waals surface area (Å²) in [6.07, 6.45) is 1.16. The standard InChI is InChI=1S/C37H34O7/c1-3-4-8-21-31(38)22-30-23-32(42-24-27-15-9-5-10-16-27)34(37(40)44-26-29-19-13-7-14-20-29)35(33(30)36(39)41-2)43-25-28-17-11-6-12-18-28/h5-7,9-20,23H,3-4,22,24-26H2,1-2H3. The van der Waals surface area contributed by atoms with Gasteiger partial charge in [-0.25, -0.2) is 9.59 Å². The fourth-order valence-corrected chi connectivity index (χ4v) is 4.37. The molecular formula is C37H34O7.